The molecular weight excluding hydrogens is 216 g/mol. The lowest BCUT2D eigenvalue weighted by Gasteiger charge is -2.06. The number of rotatable bonds is 5. The fraction of sp³-hybridized carbons (Fsp3) is 0.500. The normalized spacial score (nSPS) is 10.8. The van der Waals surface area contributed by atoms with Crippen LogP contribution in [0.3, 0.4) is 0 Å². The van der Waals surface area contributed by atoms with E-state index < -0.39 is 0 Å². The van der Waals surface area contributed by atoms with E-state index in [4.69, 9.17) is 0 Å². The molecule has 0 aliphatic carbocycles. The molecule has 88 valence electrons. The second kappa shape index (κ2) is 6.09. The van der Waals surface area contributed by atoms with Gasteiger partial charge in [0.1, 0.15) is 0 Å². The minimum atomic E-state index is 0.244. The van der Waals surface area contributed by atoms with Crippen LogP contribution in [0.5, 0.6) is 0 Å². The SMILES string of the molecule is Cc1ccc(C(=O)CSCC(C)C)cc1C. The monoisotopic (exact) mass is 236 g/mol. The van der Waals surface area contributed by atoms with Gasteiger partial charge in [-0.25, -0.2) is 0 Å². The third kappa shape index (κ3) is 4.01. The highest BCUT2D eigenvalue weighted by Gasteiger charge is 2.07. The molecule has 2 heteroatoms. The molecule has 1 nitrogen and oxygen atoms in total. The average molecular weight is 236 g/mol. The largest absolute Gasteiger partial charge is 0.293 e. The number of aryl methyl sites for hydroxylation is 2. The summed E-state index contributed by atoms with van der Waals surface area (Å²) < 4.78 is 0. The van der Waals surface area contributed by atoms with E-state index in [2.05, 4.69) is 20.8 Å². The standard InChI is InChI=1S/C14H20OS/c1-10(2)8-16-9-14(15)13-6-5-11(3)12(4)7-13/h5-7,10H,8-9H2,1-4H3. The first-order valence-electron chi connectivity index (χ1n) is 5.69. The summed E-state index contributed by atoms with van der Waals surface area (Å²) in [6, 6.07) is 5.95. The molecule has 0 radical (unpaired) electrons. The topological polar surface area (TPSA) is 17.1 Å². The Morgan fingerprint density at radius 2 is 1.94 bits per heavy atom. The molecule has 16 heavy (non-hydrogen) atoms. The average Bonchev–Trinajstić information content (AvgIpc) is 2.21. The molecule has 0 spiro atoms. The lowest BCUT2D eigenvalue weighted by molar-refractivity contribution is 0.102. The van der Waals surface area contributed by atoms with Crippen molar-refractivity contribution in [3.63, 3.8) is 0 Å². The molecule has 0 aliphatic rings. The van der Waals surface area contributed by atoms with E-state index in [0.717, 1.165) is 11.3 Å². The van der Waals surface area contributed by atoms with E-state index in [1.807, 2.05) is 25.1 Å². The Balaban J connectivity index is 2.56. The number of Topliss-reactive ketones (excluding diaryl/α,β-unsaturated/α-hetero) is 1. The Bertz CT molecular complexity index is 369. The smallest absolute Gasteiger partial charge is 0.172 e. The van der Waals surface area contributed by atoms with E-state index in [1.165, 1.54) is 11.1 Å². The van der Waals surface area contributed by atoms with Crippen LogP contribution in [0.4, 0.5) is 0 Å². The maximum atomic E-state index is 11.9. The first-order chi connectivity index (χ1) is 7.50. The van der Waals surface area contributed by atoms with Crippen LogP contribution in [0, 0.1) is 19.8 Å². The first kappa shape index (κ1) is 13.3. The minimum Gasteiger partial charge on any atom is -0.293 e. The van der Waals surface area contributed by atoms with Gasteiger partial charge in [-0.3, -0.25) is 4.79 Å². The van der Waals surface area contributed by atoms with E-state index in [0.29, 0.717) is 11.7 Å². The summed E-state index contributed by atoms with van der Waals surface area (Å²) in [5.74, 6) is 2.54. The molecule has 1 aromatic carbocycles. The molecular formula is C14H20OS. The van der Waals surface area contributed by atoms with Crippen molar-refractivity contribution < 1.29 is 4.79 Å². The Morgan fingerprint density at radius 3 is 2.50 bits per heavy atom. The molecule has 0 amide bonds. The van der Waals surface area contributed by atoms with Crippen LogP contribution in [0.2, 0.25) is 0 Å². The maximum absolute atomic E-state index is 11.9. The molecule has 0 heterocycles. The zero-order chi connectivity index (χ0) is 12.1. The summed E-state index contributed by atoms with van der Waals surface area (Å²) in [5.41, 5.74) is 3.28. The van der Waals surface area contributed by atoms with E-state index in [1.54, 1.807) is 11.8 Å². The van der Waals surface area contributed by atoms with Gasteiger partial charge in [0, 0.05) is 5.56 Å². The van der Waals surface area contributed by atoms with Crippen LogP contribution in [0.15, 0.2) is 18.2 Å². The van der Waals surface area contributed by atoms with Gasteiger partial charge in [0.25, 0.3) is 0 Å². The minimum absolute atomic E-state index is 0.244. The van der Waals surface area contributed by atoms with Crippen molar-refractivity contribution in [2.24, 2.45) is 5.92 Å². The van der Waals surface area contributed by atoms with Gasteiger partial charge in [0.05, 0.1) is 5.75 Å². The van der Waals surface area contributed by atoms with Crippen molar-refractivity contribution in [2.45, 2.75) is 27.7 Å². The van der Waals surface area contributed by atoms with Gasteiger partial charge in [0.2, 0.25) is 0 Å². The number of hydrogen-bond acceptors (Lipinski definition) is 2. The Morgan fingerprint density at radius 1 is 1.25 bits per heavy atom. The molecule has 0 saturated heterocycles. The molecule has 0 aromatic heterocycles. The predicted octanol–water partition coefficient (Wildman–Crippen LogP) is 3.88. The maximum Gasteiger partial charge on any atom is 0.172 e. The lowest BCUT2D eigenvalue weighted by Crippen LogP contribution is -2.05. The second-order valence-corrected chi connectivity index (χ2v) is 5.66. The third-order valence-corrected chi connectivity index (χ3v) is 3.88. The Labute approximate surface area is 103 Å². The zero-order valence-electron chi connectivity index (χ0n) is 10.5. The predicted molar refractivity (Wildman–Crippen MR) is 72.4 cm³/mol. The fourth-order valence-corrected chi connectivity index (χ4v) is 2.33. The molecule has 0 unspecified atom stereocenters. The number of benzene rings is 1. The van der Waals surface area contributed by atoms with E-state index in [9.17, 15) is 4.79 Å². The highest BCUT2D eigenvalue weighted by Crippen LogP contribution is 2.14. The van der Waals surface area contributed by atoms with Crippen LogP contribution in [0.25, 0.3) is 0 Å². The van der Waals surface area contributed by atoms with Gasteiger partial charge < -0.3 is 0 Å². The highest BCUT2D eigenvalue weighted by atomic mass is 32.2. The van der Waals surface area contributed by atoms with Crippen molar-refractivity contribution in [1.82, 2.24) is 0 Å². The summed E-state index contributed by atoms with van der Waals surface area (Å²) in [6.07, 6.45) is 0. The zero-order valence-corrected chi connectivity index (χ0v) is 11.4. The quantitative estimate of drug-likeness (QED) is 0.722. The van der Waals surface area contributed by atoms with Gasteiger partial charge in [-0.15, -0.1) is 0 Å². The molecule has 0 saturated carbocycles. The molecule has 0 fully saturated rings. The molecule has 0 N–H and O–H groups in total. The lowest BCUT2D eigenvalue weighted by atomic mass is 10.0. The Kier molecular flexibility index (Phi) is 5.07. The number of carbonyl (C=O) groups is 1. The van der Waals surface area contributed by atoms with Crippen molar-refractivity contribution in [2.75, 3.05) is 11.5 Å². The van der Waals surface area contributed by atoms with Gasteiger partial charge in [-0.05, 0) is 42.7 Å². The van der Waals surface area contributed by atoms with Gasteiger partial charge in [0.15, 0.2) is 5.78 Å². The van der Waals surface area contributed by atoms with Crippen molar-refractivity contribution >= 4 is 17.5 Å². The fourth-order valence-electron chi connectivity index (χ4n) is 1.39. The van der Waals surface area contributed by atoms with Crippen LogP contribution >= 0.6 is 11.8 Å². The molecule has 1 rings (SSSR count). The summed E-state index contributed by atoms with van der Waals surface area (Å²) in [5, 5.41) is 0. The Hall–Kier alpha value is -0.760. The second-order valence-electron chi connectivity index (χ2n) is 4.63. The summed E-state index contributed by atoms with van der Waals surface area (Å²) in [7, 11) is 0. The molecule has 1 aromatic rings. The number of hydrogen-bond donors (Lipinski definition) is 0. The van der Waals surface area contributed by atoms with Crippen molar-refractivity contribution in [3.8, 4) is 0 Å². The summed E-state index contributed by atoms with van der Waals surface area (Å²) >= 11 is 1.72. The molecule has 0 bridgehead atoms. The van der Waals surface area contributed by atoms with Crippen molar-refractivity contribution in [1.29, 1.82) is 0 Å². The van der Waals surface area contributed by atoms with Crippen LogP contribution < -0.4 is 0 Å². The van der Waals surface area contributed by atoms with Crippen LogP contribution in [-0.4, -0.2) is 17.3 Å². The highest BCUT2D eigenvalue weighted by molar-refractivity contribution is 7.99. The third-order valence-electron chi connectivity index (χ3n) is 2.51. The van der Waals surface area contributed by atoms with Gasteiger partial charge >= 0.3 is 0 Å². The number of carbonyl (C=O) groups excluding carboxylic acids is 1. The molecule has 0 atom stereocenters. The van der Waals surface area contributed by atoms with Crippen LogP contribution in [-0.2, 0) is 0 Å². The van der Waals surface area contributed by atoms with E-state index in [-0.39, 0.29) is 5.78 Å². The number of thioether (sulfide) groups is 1. The van der Waals surface area contributed by atoms with Gasteiger partial charge in [-0.2, -0.15) is 11.8 Å². The van der Waals surface area contributed by atoms with Crippen LogP contribution in [0.1, 0.15) is 35.3 Å². The number of ketones is 1. The first-order valence-corrected chi connectivity index (χ1v) is 6.84. The summed E-state index contributed by atoms with van der Waals surface area (Å²) in [4.78, 5) is 11.9. The summed E-state index contributed by atoms with van der Waals surface area (Å²) in [6.45, 7) is 8.46. The van der Waals surface area contributed by atoms with Gasteiger partial charge in [-0.1, -0.05) is 26.0 Å². The van der Waals surface area contributed by atoms with E-state index >= 15 is 0 Å². The molecule has 0 aliphatic heterocycles. The van der Waals surface area contributed by atoms with Crippen molar-refractivity contribution in [3.05, 3.63) is 34.9 Å².